The molecule has 0 radical (unpaired) electrons. The van der Waals surface area contributed by atoms with Gasteiger partial charge in [0.15, 0.2) is 0 Å². The van der Waals surface area contributed by atoms with Gasteiger partial charge in [-0.1, -0.05) is 0 Å². The molecule has 0 aromatic rings. The Balaban J connectivity index is 2.07. The maximum atomic E-state index is 12.5. The Morgan fingerprint density at radius 1 is 1.30 bits per heavy atom. The maximum Gasteiger partial charge on any atom is 0.326 e. The number of β-amino-alcohol motifs (C(OH)–C–C–N with tert-alkyl or cyclic N) is 1. The van der Waals surface area contributed by atoms with Gasteiger partial charge in [-0.15, -0.1) is 0 Å². The first kappa shape index (κ1) is 15.1. The molecule has 114 valence electrons. The van der Waals surface area contributed by atoms with Gasteiger partial charge < -0.3 is 25.1 Å². The molecule has 7 nitrogen and oxygen atoms in total. The summed E-state index contributed by atoms with van der Waals surface area (Å²) in [5, 5.41) is 27.7. The van der Waals surface area contributed by atoms with E-state index in [0.29, 0.717) is 13.0 Å². The van der Waals surface area contributed by atoms with E-state index in [1.807, 2.05) is 0 Å². The molecule has 0 aromatic heterocycles. The van der Waals surface area contributed by atoms with Crippen LogP contribution in [0.3, 0.4) is 0 Å². The molecular formula is C13H22N2O5. The van der Waals surface area contributed by atoms with Crippen LogP contribution in [-0.2, 0) is 4.79 Å². The van der Waals surface area contributed by atoms with Crippen LogP contribution in [0.1, 0.15) is 32.1 Å². The van der Waals surface area contributed by atoms with E-state index in [9.17, 15) is 14.7 Å². The van der Waals surface area contributed by atoms with Crippen molar-refractivity contribution >= 4 is 12.0 Å². The Labute approximate surface area is 117 Å². The smallest absolute Gasteiger partial charge is 0.326 e. The lowest BCUT2D eigenvalue weighted by Gasteiger charge is -2.40. The van der Waals surface area contributed by atoms with E-state index in [0.717, 1.165) is 19.3 Å². The summed E-state index contributed by atoms with van der Waals surface area (Å²) < 4.78 is 0. The number of aliphatic hydroxyl groups excluding tert-OH is 2. The highest BCUT2D eigenvalue weighted by Crippen LogP contribution is 2.28. The Morgan fingerprint density at radius 3 is 2.50 bits per heavy atom. The quantitative estimate of drug-likeness (QED) is 0.653. The zero-order valence-electron chi connectivity index (χ0n) is 11.4. The van der Waals surface area contributed by atoms with E-state index in [1.165, 1.54) is 4.90 Å². The molecule has 0 unspecified atom stereocenters. The molecule has 2 fully saturated rings. The number of amides is 2. The van der Waals surface area contributed by atoms with Crippen molar-refractivity contribution < 1.29 is 24.9 Å². The van der Waals surface area contributed by atoms with Crippen LogP contribution in [0.2, 0.25) is 0 Å². The van der Waals surface area contributed by atoms with Crippen LogP contribution in [0, 0.1) is 0 Å². The number of hydrogen-bond donors (Lipinski definition) is 3. The van der Waals surface area contributed by atoms with Crippen molar-refractivity contribution in [3.8, 4) is 0 Å². The molecule has 1 heterocycles. The van der Waals surface area contributed by atoms with Crippen LogP contribution in [0.25, 0.3) is 0 Å². The van der Waals surface area contributed by atoms with Crippen LogP contribution in [0.15, 0.2) is 0 Å². The number of urea groups is 1. The molecule has 0 aromatic carbocycles. The van der Waals surface area contributed by atoms with Gasteiger partial charge in [-0.05, 0) is 25.7 Å². The van der Waals surface area contributed by atoms with Crippen LogP contribution in [0.5, 0.6) is 0 Å². The molecule has 2 amide bonds. The van der Waals surface area contributed by atoms with Gasteiger partial charge in [0.1, 0.15) is 6.04 Å². The SMILES string of the molecule is O=C(O)[C@@H]1C[C@@H](O)CN1C(=O)N(CCCO)C1CCC1. The van der Waals surface area contributed by atoms with E-state index in [-0.39, 0.29) is 31.6 Å². The normalized spacial score (nSPS) is 26.4. The fraction of sp³-hybridized carbons (Fsp3) is 0.846. The molecule has 2 rings (SSSR count). The largest absolute Gasteiger partial charge is 0.480 e. The van der Waals surface area contributed by atoms with Crippen molar-refractivity contribution in [3.05, 3.63) is 0 Å². The number of aliphatic carboxylic acids is 1. The lowest BCUT2D eigenvalue weighted by molar-refractivity contribution is -0.141. The van der Waals surface area contributed by atoms with E-state index < -0.39 is 18.1 Å². The van der Waals surface area contributed by atoms with E-state index >= 15 is 0 Å². The predicted octanol–water partition coefficient (Wildman–Crippen LogP) is -0.137. The minimum Gasteiger partial charge on any atom is -0.480 e. The first-order valence-corrected chi connectivity index (χ1v) is 7.13. The number of likely N-dealkylation sites (tertiary alicyclic amines) is 1. The van der Waals surface area contributed by atoms with Crippen molar-refractivity contribution in [2.45, 2.75) is 50.3 Å². The minimum absolute atomic E-state index is 0.00147. The monoisotopic (exact) mass is 286 g/mol. The summed E-state index contributed by atoms with van der Waals surface area (Å²) in [5.74, 6) is -1.08. The lowest BCUT2D eigenvalue weighted by atomic mass is 9.91. The van der Waals surface area contributed by atoms with Gasteiger partial charge in [-0.2, -0.15) is 0 Å². The summed E-state index contributed by atoms with van der Waals surface area (Å²) in [4.78, 5) is 26.6. The molecule has 0 bridgehead atoms. The van der Waals surface area contributed by atoms with Gasteiger partial charge in [0.25, 0.3) is 0 Å². The number of rotatable bonds is 5. The zero-order valence-corrected chi connectivity index (χ0v) is 11.4. The molecule has 1 saturated heterocycles. The second kappa shape index (κ2) is 6.41. The Bertz CT molecular complexity index is 372. The third-order valence-electron chi connectivity index (χ3n) is 4.13. The number of carboxylic acids is 1. The van der Waals surface area contributed by atoms with Gasteiger partial charge in [0.2, 0.25) is 0 Å². The average Bonchev–Trinajstić information content (AvgIpc) is 2.73. The van der Waals surface area contributed by atoms with Crippen molar-refractivity contribution in [1.29, 1.82) is 0 Å². The van der Waals surface area contributed by atoms with Gasteiger partial charge in [-0.3, -0.25) is 0 Å². The molecule has 1 saturated carbocycles. The van der Waals surface area contributed by atoms with Crippen molar-refractivity contribution in [2.24, 2.45) is 0 Å². The van der Waals surface area contributed by atoms with Crippen LogP contribution in [-0.4, -0.2) is 75.0 Å². The standard InChI is InChI=1S/C13H22N2O5/c16-6-2-5-14(9-3-1-4-9)13(20)15-8-10(17)7-11(15)12(18)19/h9-11,16-17H,1-8H2,(H,18,19)/t10-,11+/m1/s1. The summed E-state index contributed by atoms with van der Waals surface area (Å²) in [6.07, 6.45) is 2.70. The average molecular weight is 286 g/mol. The van der Waals surface area contributed by atoms with Crippen molar-refractivity contribution in [3.63, 3.8) is 0 Å². The molecular weight excluding hydrogens is 264 g/mol. The number of aliphatic hydroxyl groups is 2. The van der Waals surface area contributed by atoms with E-state index in [4.69, 9.17) is 10.2 Å². The second-order valence-corrected chi connectivity index (χ2v) is 5.53. The van der Waals surface area contributed by atoms with E-state index in [2.05, 4.69) is 0 Å². The van der Waals surface area contributed by atoms with Crippen molar-refractivity contribution in [2.75, 3.05) is 19.7 Å². The van der Waals surface area contributed by atoms with Gasteiger partial charge in [0, 0.05) is 32.2 Å². The Hall–Kier alpha value is -1.34. The maximum absolute atomic E-state index is 12.5. The molecule has 3 N–H and O–H groups in total. The summed E-state index contributed by atoms with van der Waals surface area (Å²) in [7, 11) is 0. The van der Waals surface area contributed by atoms with Gasteiger partial charge in [0.05, 0.1) is 6.10 Å². The topological polar surface area (TPSA) is 101 Å². The summed E-state index contributed by atoms with van der Waals surface area (Å²) in [6, 6.07) is -1.14. The first-order chi connectivity index (χ1) is 9.54. The predicted molar refractivity (Wildman–Crippen MR) is 70.2 cm³/mol. The van der Waals surface area contributed by atoms with Crippen molar-refractivity contribution in [1.82, 2.24) is 9.80 Å². The Morgan fingerprint density at radius 2 is 2.00 bits per heavy atom. The van der Waals surface area contributed by atoms with Crippen LogP contribution < -0.4 is 0 Å². The first-order valence-electron chi connectivity index (χ1n) is 7.13. The minimum atomic E-state index is -1.08. The lowest BCUT2D eigenvalue weighted by Crippen LogP contribution is -2.53. The molecule has 20 heavy (non-hydrogen) atoms. The highest BCUT2D eigenvalue weighted by molar-refractivity contribution is 5.83. The Kier molecular flexibility index (Phi) is 4.82. The summed E-state index contributed by atoms with van der Waals surface area (Å²) in [5.41, 5.74) is 0. The van der Waals surface area contributed by atoms with Gasteiger partial charge >= 0.3 is 12.0 Å². The third-order valence-corrected chi connectivity index (χ3v) is 4.13. The fourth-order valence-corrected chi connectivity index (χ4v) is 2.80. The number of hydrogen-bond acceptors (Lipinski definition) is 4. The summed E-state index contributed by atoms with van der Waals surface area (Å²) >= 11 is 0. The number of carboxylic acid groups (broad SMARTS) is 1. The molecule has 2 atom stereocenters. The van der Waals surface area contributed by atoms with Gasteiger partial charge in [-0.25, -0.2) is 9.59 Å². The highest BCUT2D eigenvalue weighted by Gasteiger charge is 2.42. The van der Waals surface area contributed by atoms with E-state index in [1.54, 1.807) is 4.90 Å². The third kappa shape index (κ3) is 3.04. The molecule has 1 aliphatic heterocycles. The summed E-state index contributed by atoms with van der Waals surface area (Å²) in [6.45, 7) is 0.499. The molecule has 2 aliphatic rings. The van der Waals surface area contributed by atoms with Crippen LogP contribution in [0.4, 0.5) is 4.79 Å². The number of nitrogens with zero attached hydrogens (tertiary/aromatic N) is 2. The number of carbonyl (C=O) groups is 2. The fourth-order valence-electron chi connectivity index (χ4n) is 2.80. The van der Waals surface area contributed by atoms with Crippen LogP contribution >= 0.6 is 0 Å². The highest BCUT2D eigenvalue weighted by atomic mass is 16.4. The zero-order chi connectivity index (χ0) is 14.7. The molecule has 0 spiro atoms. The number of carbonyl (C=O) groups excluding carboxylic acids is 1. The molecule has 1 aliphatic carbocycles. The molecule has 7 heteroatoms. The second-order valence-electron chi connectivity index (χ2n) is 5.53.